The Bertz CT molecular complexity index is 92.9. The molecule has 1 N–H and O–H groups in total. The first-order valence-electron chi connectivity index (χ1n) is 3.62. The molecule has 1 heterocycles. The van der Waals surface area contributed by atoms with Crippen LogP contribution in [0.25, 0.3) is 0 Å². The molecule has 2 atom stereocenters. The molecule has 1 aliphatic rings. The minimum absolute atomic E-state index is 0.241. The van der Waals surface area contributed by atoms with Crippen molar-refractivity contribution in [2.75, 3.05) is 13.1 Å². The molecule has 2 nitrogen and oxygen atoms in total. The molecule has 2 heteroatoms. The first-order chi connectivity index (χ1) is 4.20. The van der Waals surface area contributed by atoms with Crippen LogP contribution in [0.15, 0.2) is 0 Å². The summed E-state index contributed by atoms with van der Waals surface area (Å²) >= 11 is 0. The van der Waals surface area contributed by atoms with Crippen LogP contribution in [0.1, 0.15) is 20.3 Å². The van der Waals surface area contributed by atoms with E-state index in [1.54, 1.807) is 0 Å². The molecule has 0 amide bonds. The minimum Gasteiger partial charge on any atom is -0.379 e. The fraction of sp³-hybridized carbons (Fsp3) is 1.00. The van der Waals surface area contributed by atoms with Crippen molar-refractivity contribution in [3.63, 3.8) is 0 Å². The van der Waals surface area contributed by atoms with E-state index in [1.165, 1.54) is 6.42 Å². The maximum Gasteiger partial charge on any atom is 0.104 e. The van der Waals surface area contributed by atoms with Crippen LogP contribution in [0.3, 0.4) is 0 Å². The highest BCUT2D eigenvalue weighted by atomic mass is 16.3. The molecular weight excluding hydrogens is 114 g/mol. The number of nitrogens with zero attached hydrogens (tertiary/aromatic N) is 1. The van der Waals surface area contributed by atoms with Gasteiger partial charge in [0.15, 0.2) is 0 Å². The molecule has 1 rings (SSSR count). The van der Waals surface area contributed by atoms with Crippen LogP contribution in [-0.4, -0.2) is 29.3 Å². The first kappa shape index (κ1) is 7.03. The molecule has 0 aliphatic carbocycles. The SMILES string of the molecule is CC1CCN(C(C)O)C1. The van der Waals surface area contributed by atoms with Crippen LogP contribution in [0, 0.1) is 5.92 Å². The third kappa shape index (κ3) is 1.66. The lowest BCUT2D eigenvalue weighted by molar-refractivity contribution is 0.0345. The summed E-state index contributed by atoms with van der Waals surface area (Å²) in [6, 6.07) is 0. The van der Waals surface area contributed by atoms with Crippen molar-refractivity contribution in [1.82, 2.24) is 4.90 Å². The molecule has 0 saturated carbocycles. The fourth-order valence-corrected chi connectivity index (χ4v) is 1.31. The number of likely N-dealkylation sites (tertiary alicyclic amines) is 1. The van der Waals surface area contributed by atoms with Crippen molar-refractivity contribution in [2.45, 2.75) is 26.5 Å². The highest BCUT2D eigenvalue weighted by molar-refractivity contribution is 4.72. The van der Waals surface area contributed by atoms with E-state index in [9.17, 15) is 0 Å². The first-order valence-corrected chi connectivity index (χ1v) is 3.62. The monoisotopic (exact) mass is 129 g/mol. The standard InChI is InChI=1S/C7H15NO/c1-6-3-4-8(5-6)7(2)9/h6-7,9H,3-5H2,1-2H3. The molecule has 9 heavy (non-hydrogen) atoms. The number of hydrogen-bond donors (Lipinski definition) is 1. The normalized spacial score (nSPS) is 33.0. The molecule has 2 unspecified atom stereocenters. The summed E-state index contributed by atoms with van der Waals surface area (Å²) in [7, 11) is 0. The molecule has 0 aromatic rings. The Hall–Kier alpha value is -0.0800. The van der Waals surface area contributed by atoms with Crippen molar-refractivity contribution in [2.24, 2.45) is 5.92 Å². The largest absolute Gasteiger partial charge is 0.379 e. The van der Waals surface area contributed by atoms with Crippen molar-refractivity contribution in [3.05, 3.63) is 0 Å². The summed E-state index contributed by atoms with van der Waals surface area (Å²) in [5.74, 6) is 0.777. The van der Waals surface area contributed by atoms with Gasteiger partial charge in [-0.3, -0.25) is 4.90 Å². The van der Waals surface area contributed by atoms with Crippen molar-refractivity contribution in [1.29, 1.82) is 0 Å². The highest BCUT2D eigenvalue weighted by Gasteiger charge is 2.20. The molecule has 0 aromatic carbocycles. The summed E-state index contributed by atoms with van der Waals surface area (Å²) in [6.45, 7) is 6.19. The van der Waals surface area contributed by atoms with Crippen molar-refractivity contribution >= 4 is 0 Å². The fourth-order valence-electron chi connectivity index (χ4n) is 1.31. The molecular formula is C7H15NO. The van der Waals surface area contributed by atoms with E-state index in [0.29, 0.717) is 0 Å². The third-order valence-corrected chi connectivity index (χ3v) is 1.98. The van der Waals surface area contributed by atoms with Crippen LogP contribution in [-0.2, 0) is 0 Å². The number of aliphatic hydroxyl groups excluding tert-OH is 1. The van der Waals surface area contributed by atoms with Crippen LogP contribution < -0.4 is 0 Å². The van der Waals surface area contributed by atoms with Gasteiger partial charge in [0.25, 0.3) is 0 Å². The average molecular weight is 129 g/mol. The van der Waals surface area contributed by atoms with Gasteiger partial charge in [0.2, 0.25) is 0 Å². The zero-order valence-electron chi connectivity index (χ0n) is 6.17. The van der Waals surface area contributed by atoms with Gasteiger partial charge in [0.1, 0.15) is 6.23 Å². The Morgan fingerprint density at radius 2 is 2.33 bits per heavy atom. The molecule has 0 spiro atoms. The van der Waals surface area contributed by atoms with Crippen molar-refractivity contribution in [3.8, 4) is 0 Å². The smallest absolute Gasteiger partial charge is 0.104 e. The second kappa shape index (κ2) is 2.67. The van der Waals surface area contributed by atoms with E-state index in [0.717, 1.165) is 19.0 Å². The van der Waals surface area contributed by atoms with E-state index in [4.69, 9.17) is 5.11 Å². The second-order valence-corrected chi connectivity index (χ2v) is 3.02. The summed E-state index contributed by atoms with van der Waals surface area (Å²) in [5.41, 5.74) is 0. The van der Waals surface area contributed by atoms with Crippen LogP contribution >= 0.6 is 0 Å². The number of aliphatic hydroxyl groups is 1. The molecule has 0 radical (unpaired) electrons. The minimum atomic E-state index is -0.241. The van der Waals surface area contributed by atoms with Gasteiger partial charge in [-0.2, -0.15) is 0 Å². The van der Waals surface area contributed by atoms with Crippen molar-refractivity contribution < 1.29 is 5.11 Å². The zero-order valence-corrected chi connectivity index (χ0v) is 6.17. The molecule has 0 bridgehead atoms. The Balaban J connectivity index is 2.30. The van der Waals surface area contributed by atoms with Gasteiger partial charge in [-0.05, 0) is 19.3 Å². The predicted octanol–water partition coefficient (Wildman–Crippen LogP) is 0.667. The van der Waals surface area contributed by atoms with Gasteiger partial charge in [-0.25, -0.2) is 0 Å². The molecule has 54 valence electrons. The summed E-state index contributed by atoms with van der Waals surface area (Å²) < 4.78 is 0. The zero-order chi connectivity index (χ0) is 6.85. The number of hydrogen-bond acceptors (Lipinski definition) is 2. The Morgan fingerprint density at radius 3 is 2.56 bits per heavy atom. The topological polar surface area (TPSA) is 23.5 Å². The lowest BCUT2D eigenvalue weighted by Crippen LogP contribution is -2.30. The average Bonchev–Trinajstić information content (AvgIpc) is 2.14. The highest BCUT2D eigenvalue weighted by Crippen LogP contribution is 2.15. The summed E-state index contributed by atoms with van der Waals surface area (Å²) in [6.07, 6.45) is 1.00. The lowest BCUT2D eigenvalue weighted by atomic mass is 10.2. The van der Waals surface area contributed by atoms with Crippen LogP contribution in [0.4, 0.5) is 0 Å². The third-order valence-electron chi connectivity index (χ3n) is 1.98. The van der Waals surface area contributed by atoms with E-state index < -0.39 is 0 Å². The van der Waals surface area contributed by atoms with Gasteiger partial charge in [-0.1, -0.05) is 6.92 Å². The predicted molar refractivity (Wildman–Crippen MR) is 37.0 cm³/mol. The van der Waals surface area contributed by atoms with E-state index in [1.807, 2.05) is 6.92 Å². The van der Waals surface area contributed by atoms with Gasteiger partial charge >= 0.3 is 0 Å². The van der Waals surface area contributed by atoms with Gasteiger partial charge < -0.3 is 5.11 Å². The molecule has 1 saturated heterocycles. The Kier molecular flexibility index (Phi) is 2.09. The maximum absolute atomic E-state index is 9.10. The molecule has 1 aliphatic heterocycles. The number of rotatable bonds is 1. The summed E-state index contributed by atoms with van der Waals surface area (Å²) in [4.78, 5) is 2.10. The van der Waals surface area contributed by atoms with Crippen LogP contribution in [0.5, 0.6) is 0 Å². The molecule has 1 fully saturated rings. The Labute approximate surface area is 56.5 Å². The second-order valence-electron chi connectivity index (χ2n) is 3.02. The quantitative estimate of drug-likeness (QED) is 0.562. The molecule has 0 aromatic heterocycles. The van der Waals surface area contributed by atoms with E-state index in [2.05, 4.69) is 11.8 Å². The lowest BCUT2D eigenvalue weighted by Gasteiger charge is -2.17. The van der Waals surface area contributed by atoms with E-state index >= 15 is 0 Å². The van der Waals surface area contributed by atoms with Gasteiger partial charge in [0.05, 0.1) is 0 Å². The summed E-state index contributed by atoms with van der Waals surface area (Å²) in [5, 5.41) is 9.10. The van der Waals surface area contributed by atoms with Crippen LogP contribution in [0.2, 0.25) is 0 Å². The van der Waals surface area contributed by atoms with E-state index in [-0.39, 0.29) is 6.23 Å². The Morgan fingerprint density at radius 1 is 1.67 bits per heavy atom. The van der Waals surface area contributed by atoms with Gasteiger partial charge in [0, 0.05) is 13.1 Å². The maximum atomic E-state index is 9.10. The van der Waals surface area contributed by atoms with Gasteiger partial charge in [-0.15, -0.1) is 0 Å².